The lowest BCUT2D eigenvalue weighted by molar-refractivity contribution is -0.145. The van der Waals surface area contributed by atoms with E-state index in [0.717, 1.165) is 56.9 Å². The molecule has 1 aromatic carbocycles. The number of Topliss-reactive ketones (excluding diaryl/α,β-unsaturated/α-hetero) is 3. The monoisotopic (exact) mass is 1940 g/mol. The average Bonchev–Trinajstić information content (AvgIpc) is 1.53. The van der Waals surface area contributed by atoms with E-state index in [0.29, 0.717) is 50.6 Å². The summed E-state index contributed by atoms with van der Waals surface area (Å²) in [6, 6.07) is 0.0321. The average molecular weight is 1940 g/mol. The molecule has 0 aromatic heterocycles. The van der Waals surface area contributed by atoms with Crippen LogP contribution in [0.1, 0.15) is 253 Å². The number of allylic oxidation sites excluding steroid dienone is 2. The van der Waals surface area contributed by atoms with Gasteiger partial charge in [0.15, 0.2) is 0 Å². The third-order valence-corrected chi connectivity index (χ3v) is 28.7. The van der Waals surface area contributed by atoms with Crippen molar-refractivity contribution < 1.29 is 91.0 Å². The summed E-state index contributed by atoms with van der Waals surface area (Å²) in [5, 5.41) is 32.7. The van der Waals surface area contributed by atoms with E-state index in [-0.39, 0.29) is 122 Å². The number of ether oxygens (including phenoxy) is 2. The number of fused-ring (bicyclic) bond motifs is 5. The summed E-state index contributed by atoms with van der Waals surface area (Å²) in [5.41, 5.74) is -2.78. The van der Waals surface area contributed by atoms with E-state index in [9.17, 15) is 81.5 Å². The lowest BCUT2D eigenvalue weighted by Crippen LogP contribution is -2.62. The molecule has 756 valence electrons. The third-order valence-electron chi connectivity index (χ3n) is 27.7. The fourth-order valence-electron chi connectivity index (χ4n) is 20.3. The summed E-state index contributed by atoms with van der Waals surface area (Å²) in [4.78, 5) is 229. The zero-order valence-electron chi connectivity index (χ0n) is 83.5. The van der Waals surface area contributed by atoms with Crippen molar-refractivity contribution in [2.24, 2.45) is 74.9 Å². The van der Waals surface area contributed by atoms with Crippen LogP contribution in [-0.2, 0) is 83.1 Å². The first-order valence-electron chi connectivity index (χ1n) is 48.4. The highest BCUT2D eigenvalue weighted by Gasteiger charge is 2.75. The summed E-state index contributed by atoms with van der Waals surface area (Å²) < 4.78 is 9.63. The number of carbonyl (C=O) groups is 17. The molecule has 18 atom stereocenters. The van der Waals surface area contributed by atoms with Gasteiger partial charge >= 0.3 is 18.2 Å². The molecule has 3 aliphatic heterocycles. The minimum absolute atomic E-state index is 0.0325. The number of urea groups is 1. The number of carbonyl (C=O) groups excluding carboxylic acids is 17. The number of halogens is 2. The highest BCUT2D eigenvalue weighted by atomic mass is 35.5. The van der Waals surface area contributed by atoms with E-state index in [1.54, 1.807) is 64.7 Å². The Morgan fingerprint density at radius 3 is 1.37 bits per heavy atom. The van der Waals surface area contributed by atoms with E-state index in [4.69, 9.17) is 32.7 Å². The van der Waals surface area contributed by atoms with Gasteiger partial charge in [0, 0.05) is 69.1 Å². The summed E-state index contributed by atoms with van der Waals surface area (Å²) >= 11 is 13.1. The van der Waals surface area contributed by atoms with Gasteiger partial charge in [-0.1, -0.05) is 157 Å². The standard InChI is InChI=1S/C34H51N5O7.C33H51Cl2N5O7.C33H51N5O5/c1-10-14-22(26(41)29(43)36-18-23(40)35-17-20-15-12-11-13-16-20)37-28(42)25-24-21(34(24,8)9)19-39(25)30(44)27(32(2,3)4)38-31(45)46-33(5,6)7;1-8-9-15-21(26(42)28(44)36-17-16-22(41)39-31(2,3)4)37-27(43)25-23-20(33(23,34)35)18-40(25)29(45)24(19-13-11-10-12-14-19)38-30(46)47-32(5,6)7;1-8-10-12-22(26(39)29(41)34-15-11-9-2)35-28(40)25-24-21(33(24,6)7)18-38(25)30(42)27(32(3,4)5)37-31(43)36-23-17-19-13-14-20(23)16-19/h11-13,15-16,21-22,24-25,27H,10,14,17-19H2,1-9H3,(H,35,40)(H,36,43)(H,37,42)(H,38,45);8,19-21,23-25H,1,9-18H2,2-7H3,(H,36,44)(H,37,43)(H,38,46)(H,39,41);8-9,19-25,27H,1-2,10-18H2,3-7H3,(H,34,41)(H,35,40)(H2,36,37,43)/t21-,22?,24-,25-,27+;20-,21?,23-,24-,25-;19?,20?,21-,22?,23?,24-,25-,27+/m000/s1. The van der Waals surface area contributed by atoms with Crippen LogP contribution in [0.5, 0.6) is 0 Å². The number of hydrogen-bond donors (Lipinski definition) is 12. The summed E-state index contributed by atoms with van der Waals surface area (Å²) in [6.07, 6.45) is 14.4. The predicted octanol–water partition coefficient (Wildman–Crippen LogP) is 9.31. The molecule has 6 unspecified atom stereocenters. The van der Waals surface area contributed by atoms with Crippen LogP contribution in [0.15, 0.2) is 68.3 Å². The van der Waals surface area contributed by atoms with Crippen molar-refractivity contribution in [1.82, 2.24) is 78.5 Å². The van der Waals surface area contributed by atoms with Gasteiger partial charge in [0.1, 0.15) is 51.8 Å². The molecular formula is C100H153Cl2N15O19. The van der Waals surface area contributed by atoms with Crippen molar-refractivity contribution in [3.63, 3.8) is 0 Å². The molecule has 3 saturated heterocycles. The van der Waals surface area contributed by atoms with Crippen molar-refractivity contribution >= 4 is 124 Å². The Balaban J connectivity index is 0.000000251. The van der Waals surface area contributed by atoms with Crippen LogP contribution in [0.2, 0.25) is 0 Å². The molecule has 15 amide bonds. The summed E-state index contributed by atoms with van der Waals surface area (Å²) in [5.74, 6) is -8.78. The number of piperidine rings is 3. The number of alkyl carbamates (subject to hydrolysis) is 2. The predicted molar refractivity (Wildman–Crippen MR) is 515 cm³/mol. The minimum atomic E-state index is -1.25. The molecule has 6 aliphatic carbocycles. The van der Waals surface area contributed by atoms with Crippen LogP contribution in [0.3, 0.4) is 0 Å². The smallest absolute Gasteiger partial charge is 0.408 e. The fourth-order valence-corrected chi connectivity index (χ4v) is 21.1. The third kappa shape index (κ3) is 29.5. The van der Waals surface area contributed by atoms with E-state index < -0.39 is 181 Å². The lowest BCUT2D eigenvalue weighted by Gasteiger charge is -2.38. The van der Waals surface area contributed by atoms with Gasteiger partial charge in [0.25, 0.3) is 17.7 Å². The van der Waals surface area contributed by atoms with Crippen molar-refractivity contribution in [1.29, 1.82) is 0 Å². The number of rotatable bonds is 38. The molecule has 1 aromatic rings. The van der Waals surface area contributed by atoms with Crippen molar-refractivity contribution in [3.05, 3.63) is 73.9 Å². The van der Waals surface area contributed by atoms with Gasteiger partial charge in [-0.05, 0) is 202 Å². The van der Waals surface area contributed by atoms with Gasteiger partial charge in [-0.2, -0.15) is 0 Å². The largest absolute Gasteiger partial charge is 0.444 e. The molecule has 9 aliphatic rings. The number of hydrogen-bond acceptors (Lipinski definition) is 19. The Morgan fingerprint density at radius 1 is 0.485 bits per heavy atom. The fraction of sp³-hybridized carbons (Fsp3) is 0.710. The van der Waals surface area contributed by atoms with Gasteiger partial charge in [-0.25, -0.2) is 14.4 Å². The summed E-state index contributed by atoms with van der Waals surface area (Å²) in [6.45, 7) is 49.0. The topological polar surface area (TPSA) is 463 Å². The first-order valence-corrected chi connectivity index (χ1v) is 49.2. The minimum Gasteiger partial charge on any atom is -0.444 e. The molecule has 12 N–H and O–H groups in total. The molecule has 0 spiro atoms. The van der Waals surface area contributed by atoms with Gasteiger partial charge in [-0.3, -0.25) is 67.1 Å². The second-order valence-electron chi connectivity index (χ2n) is 44.6. The van der Waals surface area contributed by atoms with E-state index >= 15 is 0 Å². The molecule has 0 radical (unpaired) electrons. The first-order chi connectivity index (χ1) is 63.2. The maximum atomic E-state index is 14.2. The second-order valence-corrected chi connectivity index (χ2v) is 46.0. The highest BCUT2D eigenvalue weighted by molar-refractivity contribution is 6.51. The Bertz CT molecular complexity index is 4580. The quantitative estimate of drug-likeness (QED) is 0.0127. The van der Waals surface area contributed by atoms with E-state index in [2.05, 4.69) is 97.4 Å². The molecule has 10 rings (SSSR count). The van der Waals surface area contributed by atoms with Crippen molar-refractivity contribution in [3.8, 4) is 0 Å². The van der Waals surface area contributed by atoms with E-state index in [1.807, 2.05) is 113 Å². The van der Waals surface area contributed by atoms with Gasteiger partial charge in [0.2, 0.25) is 64.6 Å². The van der Waals surface area contributed by atoms with Gasteiger partial charge < -0.3 is 88.0 Å². The first kappa shape index (κ1) is 111. The number of benzene rings is 1. The Hall–Kier alpha value is -9.99. The molecular weight excluding hydrogens is 1790 g/mol. The highest BCUT2D eigenvalue weighted by Crippen LogP contribution is 2.67. The number of nitrogens with one attached hydrogen (secondary N) is 12. The molecule has 6 saturated carbocycles. The molecule has 34 nitrogen and oxygen atoms in total. The number of alkyl halides is 2. The van der Waals surface area contributed by atoms with Crippen LogP contribution < -0.4 is 63.8 Å². The normalized spacial score (nSPS) is 24.6. The van der Waals surface area contributed by atoms with Gasteiger partial charge in [-0.15, -0.1) is 42.9 Å². The van der Waals surface area contributed by atoms with Crippen LogP contribution in [0.4, 0.5) is 14.4 Å². The van der Waals surface area contributed by atoms with Gasteiger partial charge in [0.05, 0.1) is 24.7 Å². The number of ketones is 3. The maximum absolute atomic E-state index is 14.2. The number of nitrogens with zero attached hydrogens (tertiary/aromatic N) is 3. The zero-order chi connectivity index (χ0) is 102. The second kappa shape index (κ2) is 46.2. The Kier molecular flexibility index (Phi) is 37.8. The molecule has 2 bridgehead atoms. The lowest BCUT2D eigenvalue weighted by atomic mass is 9.83. The Morgan fingerprint density at radius 2 is 0.926 bits per heavy atom. The Labute approximate surface area is 812 Å². The molecule has 9 fully saturated rings. The zero-order valence-corrected chi connectivity index (χ0v) is 85.0. The summed E-state index contributed by atoms with van der Waals surface area (Å²) in [7, 11) is 0. The molecule has 136 heavy (non-hydrogen) atoms. The van der Waals surface area contributed by atoms with Crippen LogP contribution in [0.25, 0.3) is 0 Å². The van der Waals surface area contributed by atoms with Crippen LogP contribution in [0, 0.1) is 74.9 Å². The van der Waals surface area contributed by atoms with Crippen molar-refractivity contribution in [2.75, 3.05) is 39.3 Å². The maximum Gasteiger partial charge on any atom is 0.408 e. The van der Waals surface area contributed by atoms with E-state index in [1.165, 1.54) is 16.2 Å². The SMILES string of the molecule is C=CCCC(NC(=O)[C@@H]1[C@@H]2[C@H](CN1C(=O)[C@@H](NC(=O)OC(C)(C)C)C1CCCCC1)C2(Cl)Cl)C(=O)C(=O)NCCC(=O)NC(C)(C)C.C=CCCNC(=O)C(=O)C(CCC=C)NC(=O)[C@@H]1[C@@H]2[C@H](CN1C(=O)[C@@H](NC(=O)NC1CC3CCC1C3)C(C)(C)C)C2(C)C.CCCC(NC(=O)[C@@H]1[C@@H]2[C@H](CN1C(=O)[C@@H](NC(=O)OC(C)(C)C)C(C)(C)C)C2(C)C)C(=O)C(=O)NCC(=O)NCc1ccccc1. The van der Waals surface area contributed by atoms with Crippen molar-refractivity contribution in [2.45, 2.75) is 336 Å². The molecule has 3 heterocycles. The van der Waals surface area contributed by atoms with Crippen LogP contribution >= 0.6 is 23.2 Å². The number of amides is 15. The number of likely N-dealkylation sites (tertiary alicyclic amines) is 3. The van der Waals surface area contributed by atoms with Crippen LogP contribution in [-0.4, -0.2) is 236 Å². The molecule has 36 heteroatoms.